The number of fused-ring (bicyclic) bond motifs is 11. The van der Waals surface area contributed by atoms with Crippen LogP contribution in [0.15, 0.2) is 0 Å². The van der Waals surface area contributed by atoms with Crippen molar-refractivity contribution in [1.82, 2.24) is 0 Å². The van der Waals surface area contributed by atoms with Crippen molar-refractivity contribution in [3.05, 3.63) is 0 Å². The lowest BCUT2D eigenvalue weighted by Gasteiger charge is -2.46. The van der Waals surface area contributed by atoms with Gasteiger partial charge >= 0.3 is 17.9 Å². The molecule has 1 aliphatic heterocycles. The van der Waals surface area contributed by atoms with Crippen LogP contribution in [0.25, 0.3) is 0 Å². The summed E-state index contributed by atoms with van der Waals surface area (Å²) in [6.45, 7) is 10.5. The highest BCUT2D eigenvalue weighted by molar-refractivity contribution is 5.95. The van der Waals surface area contributed by atoms with Gasteiger partial charge in [-0.15, -0.1) is 0 Å². The Bertz CT molecular complexity index is 892. The number of rotatable bonds is 3. The molecule has 6 bridgehead atoms. The third kappa shape index (κ3) is 3.41. The minimum absolute atomic E-state index is 0.0932. The molecular formula is C30H44O5. The molecule has 6 saturated carbocycles. The lowest BCUT2D eigenvalue weighted by Crippen LogP contribution is -2.48. The lowest BCUT2D eigenvalue weighted by molar-refractivity contribution is -0.180. The second-order valence-electron chi connectivity index (χ2n) is 13.7. The topological polar surface area (TPSA) is 69.7 Å². The molecule has 35 heavy (non-hydrogen) atoms. The highest BCUT2D eigenvalue weighted by atomic mass is 16.6. The Morgan fingerprint density at radius 2 is 1.51 bits per heavy atom. The Labute approximate surface area is 210 Å². The van der Waals surface area contributed by atoms with Crippen molar-refractivity contribution in [3.63, 3.8) is 0 Å². The van der Waals surface area contributed by atoms with Crippen LogP contribution in [-0.4, -0.2) is 23.5 Å². The molecule has 7 rings (SSSR count). The SMILES string of the molecule is CC1C(=O)OC(=O)C1C.CCC1(OC(=O)C2CC3CC2C(C)C3C)CC2CC1C1C3CCC(C3)C21. The van der Waals surface area contributed by atoms with Crippen LogP contribution >= 0.6 is 0 Å². The van der Waals surface area contributed by atoms with E-state index in [0.29, 0.717) is 17.8 Å². The van der Waals surface area contributed by atoms with Crippen molar-refractivity contribution in [1.29, 1.82) is 0 Å². The maximum Gasteiger partial charge on any atom is 0.317 e. The lowest BCUT2D eigenvalue weighted by atomic mass is 9.65. The third-order valence-corrected chi connectivity index (χ3v) is 12.7. The number of hydrogen-bond donors (Lipinski definition) is 0. The van der Waals surface area contributed by atoms with Crippen molar-refractivity contribution in [2.75, 3.05) is 0 Å². The van der Waals surface area contributed by atoms with Crippen molar-refractivity contribution in [2.24, 2.45) is 76.9 Å². The predicted molar refractivity (Wildman–Crippen MR) is 131 cm³/mol. The molecule has 7 aliphatic rings. The fraction of sp³-hybridized carbons (Fsp3) is 0.900. The number of carbonyl (C=O) groups is 3. The normalized spacial score (nSPS) is 54.6. The Hall–Kier alpha value is -1.39. The number of carbonyl (C=O) groups excluding carboxylic acids is 3. The van der Waals surface area contributed by atoms with Gasteiger partial charge < -0.3 is 9.47 Å². The molecule has 6 aliphatic carbocycles. The van der Waals surface area contributed by atoms with Crippen LogP contribution < -0.4 is 0 Å². The first-order valence-corrected chi connectivity index (χ1v) is 14.6. The van der Waals surface area contributed by atoms with Gasteiger partial charge in [0.15, 0.2) is 0 Å². The average Bonchev–Trinajstić information content (AvgIpc) is 3.68. The zero-order valence-electron chi connectivity index (χ0n) is 22.2. The van der Waals surface area contributed by atoms with E-state index in [9.17, 15) is 14.4 Å². The molecule has 14 atom stereocenters. The van der Waals surface area contributed by atoms with Crippen LogP contribution in [0.3, 0.4) is 0 Å². The van der Waals surface area contributed by atoms with Gasteiger partial charge in [0.1, 0.15) is 5.60 Å². The van der Waals surface area contributed by atoms with Crippen molar-refractivity contribution in [3.8, 4) is 0 Å². The van der Waals surface area contributed by atoms with E-state index in [-0.39, 0.29) is 29.3 Å². The van der Waals surface area contributed by atoms with Crippen LogP contribution in [0.1, 0.15) is 86.0 Å². The van der Waals surface area contributed by atoms with Crippen LogP contribution in [0.5, 0.6) is 0 Å². The fourth-order valence-electron chi connectivity index (χ4n) is 10.5. The zero-order chi connectivity index (χ0) is 24.8. The number of cyclic esters (lactones) is 2. The maximum atomic E-state index is 13.3. The first-order chi connectivity index (χ1) is 16.6. The van der Waals surface area contributed by atoms with Gasteiger partial charge in [-0.3, -0.25) is 14.4 Å². The minimum atomic E-state index is -0.396. The summed E-state index contributed by atoms with van der Waals surface area (Å²) in [6, 6.07) is 0. The van der Waals surface area contributed by atoms with E-state index in [1.165, 1.54) is 38.5 Å². The van der Waals surface area contributed by atoms with Gasteiger partial charge in [-0.1, -0.05) is 34.6 Å². The van der Waals surface area contributed by atoms with Crippen molar-refractivity contribution < 1.29 is 23.9 Å². The number of ether oxygens (including phenoxy) is 2. The molecule has 194 valence electrons. The van der Waals surface area contributed by atoms with E-state index >= 15 is 0 Å². The zero-order valence-corrected chi connectivity index (χ0v) is 22.2. The summed E-state index contributed by atoms with van der Waals surface area (Å²) >= 11 is 0. The van der Waals surface area contributed by atoms with Gasteiger partial charge in [0.05, 0.1) is 17.8 Å². The Balaban J connectivity index is 0.000000217. The monoisotopic (exact) mass is 484 g/mol. The molecule has 0 aromatic heterocycles. The van der Waals surface area contributed by atoms with Crippen molar-refractivity contribution in [2.45, 2.75) is 91.6 Å². The smallest absolute Gasteiger partial charge is 0.317 e. The van der Waals surface area contributed by atoms with E-state index < -0.39 is 11.9 Å². The molecule has 1 saturated heterocycles. The van der Waals surface area contributed by atoms with Gasteiger partial charge in [0, 0.05) is 5.92 Å². The van der Waals surface area contributed by atoms with Crippen LogP contribution in [-0.2, 0) is 23.9 Å². The summed E-state index contributed by atoms with van der Waals surface area (Å²) in [7, 11) is 0. The van der Waals surface area contributed by atoms with E-state index in [1.807, 2.05) is 0 Å². The van der Waals surface area contributed by atoms with Gasteiger partial charge in [-0.25, -0.2) is 0 Å². The Morgan fingerprint density at radius 1 is 0.857 bits per heavy atom. The summed E-state index contributed by atoms with van der Waals surface area (Å²) in [5.74, 6) is 7.46. The average molecular weight is 485 g/mol. The summed E-state index contributed by atoms with van der Waals surface area (Å²) < 4.78 is 10.9. The second-order valence-corrected chi connectivity index (χ2v) is 13.7. The fourth-order valence-corrected chi connectivity index (χ4v) is 10.5. The minimum Gasteiger partial charge on any atom is -0.459 e. The summed E-state index contributed by atoms with van der Waals surface area (Å²) in [6.07, 6.45) is 10.5. The molecule has 0 radical (unpaired) electrons. The molecule has 0 aromatic rings. The molecular weight excluding hydrogens is 440 g/mol. The van der Waals surface area contributed by atoms with E-state index in [2.05, 4.69) is 25.5 Å². The summed E-state index contributed by atoms with van der Waals surface area (Å²) in [5.41, 5.74) is -0.0932. The quantitative estimate of drug-likeness (QED) is 0.294. The van der Waals surface area contributed by atoms with Gasteiger partial charge in [0.2, 0.25) is 0 Å². The largest absolute Gasteiger partial charge is 0.459 e. The molecule has 7 fully saturated rings. The Morgan fingerprint density at radius 3 is 2.06 bits per heavy atom. The summed E-state index contributed by atoms with van der Waals surface area (Å²) in [5, 5.41) is 0. The molecule has 0 spiro atoms. The van der Waals surface area contributed by atoms with Crippen molar-refractivity contribution >= 4 is 17.9 Å². The number of esters is 3. The molecule has 0 aromatic carbocycles. The first-order valence-electron chi connectivity index (χ1n) is 14.6. The second kappa shape index (κ2) is 8.31. The molecule has 5 heteroatoms. The maximum absolute atomic E-state index is 13.3. The highest BCUT2D eigenvalue weighted by Gasteiger charge is 2.68. The third-order valence-electron chi connectivity index (χ3n) is 12.7. The van der Waals surface area contributed by atoms with E-state index in [0.717, 1.165) is 54.3 Å². The van der Waals surface area contributed by atoms with Gasteiger partial charge in [-0.2, -0.15) is 0 Å². The van der Waals surface area contributed by atoms with Gasteiger partial charge in [-0.05, 0) is 105 Å². The molecule has 0 amide bonds. The summed E-state index contributed by atoms with van der Waals surface area (Å²) in [4.78, 5) is 34.4. The molecule has 1 heterocycles. The highest BCUT2D eigenvalue weighted by Crippen LogP contribution is 2.71. The molecule has 0 N–H and O–H groups in total. The molecule has 5 nitrogen and oxygen atoms in total. The van der Waals surface area contributed by atoms with Crippen LogP contribution in [0.2, 0.25) is 0 Å². The number of hydrogen-bond acceptors (Lipinski definition) is 5. The standard InChI is InChI=1S/C24H36O2.C6H8O3/c1-4-24(26-23(25)19-9-16-8-18(19)13(3)12(16)2)11-17-10-20(24)22-15-6-5-14(7-15)21(17)22;1-3-4(2)6(8)9-5(3)7/h12-22H,4-11H2,1-3H3;3-4H,1-2H3. The Kier molecular flexibility index (Phi) is 5.69. The predicted octanol–water partition coefficient (Wildman–Crippen LogP) is 5.65. The van der Waals surface area contributed by atoms with E-state index in [1.54, 1.807) is 13.8 Å². The first kappa shape index (κ1) is 24.0. The van der Waals surface area contributed by atoms with Crippen LogP contribution in [0.4, 0.5) is 0 Å². The van der Waals surface area contributed by atoms with Crippen LogP contribution in [0, 0.1) is 76.9 Å². The van der Waals surface area contributed by atoms with E-state index in [4.69, 9.17) is 4.74 Å². The van der Waals surface area contributed by atoms with Gasteiger partial charge in [0.25, 0.3) is 0 Å². The molecule has 14 unspecified atom stereocenters.